The van der Waals surface area contributed by atoms with Gasteiger partial charge >= 0.3 is 0 Å². The Labute approximate surface area is 248 Å². The molecule has 0 aromatic heterocycles. The number of ether oxygens (including phenoxy) is 2. The van der Waals surface area contributed by atoms with Crippen LogP contribution in [-0.2, 0) is 9.47 Å². The first-order valence-corrected chi connectivity index (χ1v) is 14.9. The molecule has 1 aliphatic carbocycles. The van der Waals surface area contributed by atoms with Gasteiger partial charge in [-0.2, -0.15) is 0 Å². The number of halogens is 2. The molecule has 2 N–H and O–H groups in total. The Morgan fingerprint density at radius 2 is 1.83 bits per heavy atom. The quantitative estimate of drug-likeness (QED) is 0.212. The lowest BCUT2D eigenvalue weighted by molar-refractivity contribution is 0.0535. The smallest absolute Gasteiger partial charge is 0.206 e. The number of benzene rings is 2. The number of fused-ring (bicyclic) bond motifs is 1. The number of allylic oxidation sites excluding steroid dienone is 6. The number of rotatable bonds is 13. The third kappa shape index (κ3) is 8.07. The van der Waals surface area contributed by atoms with Gasteiger partial charge in [0.1, 0.15) is 5.71 Å². The van der Waals surface area contributed by atoms with Gasteiger partial charge in [-0.25, -0.2) is 9.38 Å². The zero-order chi connectivity index (χ0) is 29.2. The Morgan fingerprint density at radius 1 is 1.10 bits per heavy atom. The zero-order valence-corrected chi connectivity index (χ0v) is 25.1. The second kappa shape index (κ2) is 15.3. The molecule has 0 atom stereocenters. The van der Waals surface area contributed by atoms with Gasteiger partial charge in [0.15, 0.2) is 5.83 Å². The molecule has 1 saturated heterocycles. The van der Waals surface area contributed by atoms with Gasteiger partial charge in [-0.3, -0.25) is 0 Å². The summed E-state index contributed by atoms with van der Waals surface area (Å²) in [6.45, 7) is 11.8. The maximum Gasteiger partial charge on any atom is 0.206 e. The first kappa shape index (κ1) is 31.0. The van der Waals surface area contributed by atoms with Crippen LogP contribution >= 0.6 is 11.6 Å². The van der Waals surface area contributed by atoms with Crippen LogP contribution in [0, 0.1) is 0 Å². The van der Waals surface area contributed by atoms with E-state index in [-0.39, 0.29) is 11.6 Å². The molecule has 1 heterocycles. The van der Waals surface area contributed by atoms with Crippen LogP contribution in [0.2, 0.25) is 0 Å². The van der Waals surface area contributed by atoms with E-state index >= 15 is 4.39 Å². The molecule has 220 valence electrons. The van der Waals surface area contributed by atoms with Gasteiger partial charge in [-0.05, 0) is 75.3 Å². The van der Waals surface area contributed by atoms with E-state index in [0.717, 1.165) is 67.4 Å². The Hall–Kier alpha value is -2.97. The van der Waals surface area contributed by atoms with Crippen LogP contribution in [0.3, 0.4) is 0 Å². The van der Waals surface area contributed by atoms with Crippen molar-refractivity contribution >= 4 is 33.7 Å². The molecular formula is C33H42ClFN4O2. The summed E-state index contributed by atoms with van der Waals surface area (Å²) in [6, 6.07) is 13.7. The topological polar surface area (TPSA) is 63.3 Å². The molecule has 0 radical (unpaired) electrons. The Morgan fingerprint density at radius 3 is 2.61 bits per heavy atom. The van der Waals surface area contributed by atoms with Crippen LogP contribution in [0.5, 0.6) is 0 Å². The van der Waals surface area contributed by atoms with Crippen LogP contribution in [-0.4, -0.2) is 75.1 Å². The molecule has 6 nitrogen and oxygen atoms in total. The number of nitrogens with two attached hydrogens (primary N) is 1. The van der Waals surface area contributed by atoms with Crippen molar-refractivity contribution in [2.75, 3.05) is 59.6 Å². The molecule has 2 aromatic rings. The molecule has 0 unspecified atom stereocenters. The average Bonchev–Trinajstić information content (AvgIpc) is 2.99. The SMILES string of the molecule is C=C(/N=C1/C(F)=C(c2cccc3ccccc23)C(Cl)=C/C1=C(/C)N1CCOCC1)OCCCN(C)CCCCCN. The van der Waals surface area contributed by atoms with Gasteiger partial charge in [0.25, 0.3) is 0 Å². The van der Waals surface area contributed by atoms with Crippen molar-refractivity contribution in [3.63, 3.8) is 0 Å². The number of hydrogen-bond donors (Lipinski definition) is 1. The molecule has 0 saturated carbocycles. The van der Waals surface area contributed by atoms with Crippen LogP contribution in [0.25, 0.3) is 16.3 Å². The Balaban J connectivity index is 1.59. The zero-order valence-electron chi connectivity index (χ0n) is 24.3. The average molecular weight is 581 g/mol. The first-order valence-electron chi connectivity index (χ1n) is 14.5. The van der Waals surface area contributed by atoms with Gasteiger partial charge in [-0.15, -0.1) is 0 Å². The van der Waals surface area contributed by atoms with Crippen molar-refractivity contribution in [2.45, 2.75) is 32.6 Å². The van der Waals surface area contributed by atoms with Crippen LogP contribution in [0.1, 0.15) is 38.2 Å². The fraction of sp³-hybridized carbons (Fsp3) is 0.424. The minimum Gasteiger partial charge on any atom is -0.478 e. The monoisotopic (exact) mass is 580 g/mol. The summed E-state index contributed by atoms with van der Waals surface area (Å²) in [5.41, 5.74) is 8.33. The van der Waals surface area contributed by atoms with Crippen LogP contribution in [0.4, 0.5) is 4.39 Å². The second-order valence-electron chi connectivity index (χ2n) is 10.5. The number of nitrogens with zero attached hydrogens (tertiary/aromatic N) is 3. The van der Waals surface area contributed by atoms with Gasteiger partial charge < -0.3 is 25.0 Å². The molecule has 2 aliphatic rings. The fourth-order valence-electron chi connectivity index (χ4n) is 5.25. The van der Waals surface area contributed by atoms with Gasteiger partial charge in [0, 0.05) is 36.5 Å². The Bertz CT molecular complexity index is 1340. The minimum atomic E-state index is -0.488. The van der Waals surface area contributed by atoms with Gasteiger partial charge in [-0.1, -0.05) is 60.5 Å². The molecule has 0 bridgehead atoms. The number of hydrogen-bond acceptors (Lipinski definition) is 6. The van der Waals surface area contributed by atoms with Crippen molar-refractivity contribution in [1.29, 1.82) is 0 Å². The summed E-state index contributed by atoms with van der Waals surface area (Å²) >= 11 is 6.84. The highest BCUT2D eigenvalue weighted by Crippen LogP contribution is 2.41. The lowest BCUT2D eigenvalue weighted by atomic mass is 9.90. The molecule has 0 amide bonds. The maximum absolute atomic E-state index is 16.6. The van der Waals surface area contributed by atoms with E-state index in [1.807, 2.05) is 55.5 Å². The minimum absolute atomic E-state index is 0.178. The van der Waals surface area contributed by atoms with E-state index in [1.165, 1.54) is 0 Å². The molecule has 2 aromatic carbocycles. The van der Waals surface area contributed by atoms with Crippen molar-refractivity contribution in [2.24, 2.45) is 10.7 Å². The summed E-state index contributed by atoms with van der Waals surface area (Å²) in [5, 5.41) is 2.27. The van der Waals surface area contributed by atoms with E-state index < -0.39 is 5.83 Å². The highest BCUT2D eigenvalue weighted by molar-refractivity contribution is 6.41. The maximum atomic E-state index is 16.6. The third-order valence-corrected chi connectivity index (χ3v) is 7.86. The van der Waals surface area contributed by atoms with Gasteiger partial charge in [0.2, 0.25) is 5.88 Å². The molecular weight excluding hydrogens is 539 g/mol. The lowest BCUT2D eigenvalue weighted by Gasteiger charge is -2.32. The number of unbranched alkanes of at least 4 members (excludes halogenated alkanes) is 2. The highest BCUT2D eigenvalue weighted by Gasteiger charge is 2.29. The standard InChI is InChI=1S/C33H42ClFN4O2/c1-24(39-18-21-40-22-19-39)29-23-30(34)31(28-14-9-12-26-11-5-6-13-27(26)28)32(35)33(29)37-25(2)41-20-10-17-38(3)16-8-4-7-15-36/h5-6,9,11-14,23H,2,4,7-8,10,15-22,36H2,1,3H3/b29-24+,37-33+. The third-order valence-electron chi connectivity index (χ3n) is 7.56. The highest BCUT2D eigenvalue weighted by atomic mass is 35.5. The summed E-state index contributed by atoms with van der Waals surface area (Å²) < 4.78 is 28.0. The fourth-order valence-corrected chi connectivity index (χ4v) is 5.54. The molecule has 41 heavy (non-hydrogen) atoms. The van der Waals surface area contributed by atoms with Crippen molar-refractivity contribution in [3.05, 3.63) is 88.7 Å². The second-order valence-corrected chi connectivity index (χ2v) is 10.9. The molecule has 1 aliphatic heterocycles. The molecule has 4 rings (SSSR count). The van der Waals surface area contributed by atoms with E-state index in [4.69, 9.17) is 26.8 Å². The van der Waals surface area contributed by atoms with Crippen molar-refractivity contribution < 1.29 is 13.9 Å². The largest absolute Gasteiger partial charge is 0.478 e. The summed E-state index contributed by atoms with van der Waals surface area (Å²) in [4.78, 5) is 9.08. The predicted octanol–water partition coefficient (Wildman–Crippen LogP) is 6.64. The molecule has 0 spiro atoms. The summed E-state index contributed by atoms with van der Waals surface area (Å²) in [5.74, 6) is -0.310. The van der Waals surface area contributed by atoms with Crippen molar-refractivity contribution in [3.8, 4) is 0 Å². The number of aliphatic imine (C=N–C) groups is 1. The van der Waals surface area contributed by atoms with E-state index in [2.05, 4.69) is 28.4 Å². The van der Waals surface area contributed by atoms with Gasteiger partial charge in [0.05, 0.1) is 24.9 Å². The van der Waals surface area contributed by atoms with E-state index in [9.17, 15) is 0 Å². The summed E-state index contributed by atoms with van der Waals surface area (Å²) in [7, 11) is 2.11. The lowest BCUT2D eigenvalue weighted by Crippen LogP contribution is -2.36. The normalized spacial score (nSPS) is 18.3. The molecule has 1 fully saturated rings. The van der Waals surface area contributed by atoms with Crippen LogP contribution < -0.4 is 5.73 Å². The van der Waals surface area contributed by atoms with E-state index in [0.29, 0.717) is 49.1 Å². The Kier molecular flexibility index (Phi) is 11.6. The van der Waals surface area contributed by atoms with Crippen LogP contribution in [0.15, 0.2) is 88.1 Å². The van der Waals surface area contributed by atoms with E-state index in [1.54, 1.807) is 0 Å². The predicted molar refractivity (Wildman–Crippen MR) is 169 cm³/mol. The molecule has 8 heteroatoms. The first-order chi connectivity index (χ1) is 19.9. The number of morpholine rings is 1. The summed E-state index contributed by atoms with van der Waals surface area (Å²) in [6.07, 6.45) is 5.97. The van der Waals surface area contributed by atoms with Crippen molar-refractivity contribution in [1.82, 2.24) is 9.80 Å².